The summed E-state index contributed by atoms with van der Waals surface area (Å²) >= 11 is 3.50. The molecule has 1 atom stereocenters. The normalized spacial score (nSPS) is 12.6. The van der Waals surface area contributed by atoms with E-state index in [0.717, 1.165) is 28.4 Å². The SMILES string of the molecule is CCc1ccc(Br)c(OC(C)C)c1C(=O)C(C)CC. The number of aryl methyl sites for hydroxylation is 1. The molecule has 0 saturated carbocycles. The predicted octanol–water partition coefficient (Wildman–Crippen LogP) is 5.03. The number of carbonyl (C=O) groups is 1. The van der Waals surface area contributed by atoms with Gasteiger partial charge in [0.25, 0.3) is 0 Å². The van der Waals surface area contributed by atoms with Gasteiger partial charge in [-0.1, -0.05) is 26.8 Å². The summed E-state index contributed by atoms with van der Waals surface area (Å²) < 4.78 is 6.72. The largest absolute Gasteiger partial charge is 0.489 e. The molecule has 1 aromatic carbocycles. The smallest absolute Gasteiger partial charge is 0.169 e. The summed E-state index contributed by atoms with van der Waals surface area (Å²) in [5, 5.41) is 0. The third kappa shape index (κ3) is 3.82. The van der Waals surface area contributed by atoms with Crippen LogP contribution in [0.2, 0.25) is 0 Å². The van der Waals surface area contributed by atoms with Gasteiger partial charge in [0.1, 0.15) is 5.75 Å². The van der Waals surface area contributed by atoms with E-state index >= 15 is 0 Å². The molecule has 0 bridgehead atoms. The van der Waals surface area contributed by atoms with Crippen LogP contribution in [-0.2, 0) is 6.42 Å². The summed E-state index contributed by atoms with van der Waals surface area (Å²) in [6.07, 6.45) is 1.72. The molecular weight excluding hydrogens is 304 g/mol. The number of ether oxygens (including phenoxy) is 1. The molecule has 1 rings (SSSR count). The van der Waals surface area contributed by atoms with Gasteiger partial charge in [0.05, 0.1) is 16.1 Å². The highest BCUT2D eigenvalue weighted by Crippen LogP contribution is 2.35. The molecule has 0 aliphatic rings. The highest BCUT2D eigenvalue weighted by molar-refractivity contribution is 9.10. The van der Waals surface area contributed by atoms with E-state index in [1.54, 1.807) is 0 Å². The van der Waals surface area contributed by atoms with Crippen LogP contribution in [0.1, 0.15) is 57.0 Å². The number of carbonyl (C=O) groups excluding carboxylic acids is 1. The lowest BCUT2D eigenvalue weighted by Crippen LogP contribution is -2.17. The Kier molecular flexibility index (Phi) is 6.05. The molecule has 0 aromatic heterocycles. The predicted molar refractivity (Wildman–Crippen MR) is 83.1 cm³/mol. The second-order valence-corrected chi connectivity index (χ2v) is 5.96. The molecule has 0 heterocycles. The van der Waals surface area contributed by atoms with Gasteiger partial charge in [-0.2, -0.15) is 0 Å². The molecule has 19 heavy (non-hydrogen) atoms. The number of rotatable bonds is 6. The molecule has 1 aromatic rings. The summed E-state index contributed by atoms with van der Waals surface area (Å²) in [7, 11) is 0. The average Bonchev–Trinajstić information content (AvgIpc) is 2.38. The highest BCUT2D eigenvalue weighted by atomic mass is 79.9. The fraction of sp³-hybridized carbons (Fsp3) is 0.562. The molecule has 0 aliphatic carbocycles. The van der Waals surface area contributed by atoms with E-state index in [2.05, 4.69) is 22.9 Å². The first-order valence-electron chi connectivity index (χ1n) is 6.94. The molecule has 0 radical (unpaired) electrons. The minimum Gasteiger partial charge on any atom is -0.489 e. The summed E-state index contributed by atoms with van der Waals surface area (Å²) in [6, 6.07) is 3.97. The Balaban J connectivity index is 3.38. The molecule has 3 heteroatoms. The Bertz CT molecular complexity index is 452. The van der Waals surface area contributed by atoms with Crippen LogP contribution in [0.4, 0.5) is 0 Å². The van der Waals surface area contributed by atoms with Crippen LogP contribution in [0.3, 0.4) is 0 Å². The Hall–Kier alpha value is -0.830. The van der Waals surface area contributed by atoms with Crippen molar-refractivity contribution in [3.8, 4) is 5.75 Å². The van der Waals surface area contributed by atoms with Crippen LogP contribution in [0, 0.1) is 5.92 Å². The van der Waals surface area contributed by atoms with Crippen molar-refractivity contribution < 1.29 is 9.53 Å². The van der Waals surface area contributed by atoms with E-state index in [1.807, 2.05) is 39.8 Å². The van der Waals surface area contributed by atoms with Crippen molar-refractivity contribution in [3.63, 3.8) is 0 Å². The van der Waals surface area contributed by atoms with Crippen molar-refractivity contribution >= 4 is 21.7 Å². The molecule has 0 saturated heterocycles. The highest BCUT2D eigenvalue weighted by Gasteiger charge is 2.23. The number of benzene rings is 1. The molecular formula is C16H23BrO2. The molecule has 2 nitrogen and oxygen atoms in total. The zero-order valence-corrected chi connectivity index (χ0v) is 14.0. The standard InChI is InChI=1S/C16H23BrO2/c1-6-11(5)15(18)14-12(7-2)8-9-13(17)16(14)19-10(3)4/h8-11H,6-7H2,1-5H3. The summed E-state index contributed by atoms with van der Waals surface area (Å²) in [4.78, 5) is 12.6. The van der Waals surface area contributed by atoms with E-state index in [-0.39, 0.29) is 17.8 Å². The van der Waals surface area contributed by atoms with Gasteiger partial charge >= 0.3 is 0 Å². The van der Waals surface area contributed by atoms with E-state index in [9.17, 15) is 4.79 Å². The lowest BCUT2D eigenvalue weighted by Gasteiger charge is -2.20. The number of halogens is 1. The van der Waals surface area contributed by atoms with Crippen molar-refractivity contribution in [1.82, 2.24) is 0 Å². The lowest BCUT2D eigenvalue weighted by molar-refractivity contribution is 0.0920. The van der Waals surface area contributed by atoms with Gasteiger partial charge in [0.15, 0.2) is 5.78 Å². The first kappa shape index (κ1) is 16.2. The Morgan fingerprint density at radius 3 is 2.37 bits per heavy atom. The van der Waals surface area contributed by atoms with E-state index < -0.39 is 0 Å². The second-order valence-electron chi connectivity index (χ2n) is 5.10. The molecule has 0 amide bonds. The van der Waals surface area contributed by atoms with Crippen LogP contribution >= 0.6 is 15.9 Å². The maximum Gasteiger partial charge on any atom is 0.169 e. The van der Waals surface area contributed by atoms with Gasteiger partial charge in [-0.05, 0) is 54.2 Å². The number of ketones is 1. The third-order valence-corrected chi connectivity index (χ3v) is 3.86. The monoisotopic (exact) mass is 326 g/mol. The van der Waals surface area contributed by atoms with Crippen LogP contribution < -0.4 is 4.74 Å². The van der Waals surface area contributed by atoms with Gasteiger partial charge in [-0.25, -0.2) is 0 Å². The van der Waals surface area contributed by atoms with Crippen molar-refractivity contribution in [2.45, 2.75) is 53.6 Å². The lowest BCUT2D eigenvalue weighted by atomic mass is 9.92. The first-order valence-corrected chi connectivity index (χ1v) is 7.73. The first-order chi connectivity index (χ1) is 8.92. The Labute approximate surface area is 124 Å². The minimum absolute atomic E-state index is 0.0223. The summed E-state index contributed by atoms with van der Waals surface area (Å²) in [5.41, 5.74) is 1.81. The van der Waals surface area contributed by atoms with Crippen molar-refractivity contribution in [1.29, 1.82) is 0 Å². The quantitative estimate of drug-likeness (QED) is 0.685. The molecule has 0 spiro atoms. The topological polar surface area (TPSA) is 26.3 Å². The zero-order chi connectivity index (χ0) is 14.6. The van der Waals surface area contributed by atoms with Gasteiger partial charge in [-0.3, -0.25) is 4.79 Å². The molecule has 106 valence electrons. The maximum atomic E-state index is 12.6. The fourth-order valence-electron chi connectivity index (χ4n) is 1.95. The van der Waals surface area contributed by atoms with Gasteiger partial charge in [0, 0.05) is 5.92 Å². The van der Waals surface area contributed by atoms with E-state index in [0.29, 0.717) is 5.75 Å². The van der Waals surface area contributed by atoms with Crippen LogP contribution in [-0.4, -0.2) is 11.9 Å². The van der Waals surface area contributed by atoms with Gasteiger partial charge < -0.3 is 4.74 Å². The van der Waals surface area contributed by atoms with Crippen molar-refractivity contribution in [3.05, 3.63) is 27.7 Å². The van der Waals surface area contributed by atoms with Gasteiger partial charge in [0.2, 0.25) is 0 Å². The zero-order valence-electron chi connectivity index (χ0n) is 12.4. The van der Waals surface area contributed by atoms with Gasteiger partial charge in [-0.15, -0.1) is 0 Å². The van der Waals surface area contributed by atoms with Crippen molar-refractivity contribution in [2.75, 3.05) is 0 Å². The average molecular weight is 327 g/mol. The van der Waals surface area contributed by atoms with E-state index in [4.69, 9.17) is 4.74 Å². The molecule has 0 N–H and O–H groups in total. The number of hydrogen-bond acceptors (Lipinski definition) is 2. The Morgan fingerprint density at radius 2 is 1.89 bits per heavy atom. The third-order valence-electron chi connectivity index (χ3n) is 3.24. The fourth-order valence-corrected chi connectivity index (χ4v) is 2.37. The Morgan fingerprint density at radius 1 is 1.26 bits per heavy atom. The molecule has 1 unspecified atom stereocenters. The van der Waals surface area contributed by atoms with E-state index in [1.165, 1.54) is 0 Å². The maximum absolute atomic E-state index is 12.6. The minimum atomic E-state index is 0.0223. The number of hydrogen-bond donors (Lipinski definition) is 0. The van der Waals surface area contributed by atoms with Crippen LogP contribution in [0.25, 0.3) is 0 Å². The van der Waals surface area contributed by atoms with Crippen LogP contribution in [0.5, 0.6) is 5.75 Å². The number of Topliss-reactive ketones (excluding diaryl/α,β-unsaturated/α-hetero) is 1. The summed E-state index contributed by atoms with van der Waals surface area (Å²) in [6.45, 7) is 10.0. The van der Waals surface area contributed by atoms with Crippen molar-refractivity contribution in [2.24, 2.45) is 5.92 Å². The second kappa shape index (κ2) is 7.09. The molecule has 0 fully saturated rings. The van der Waals surface area contributed by atoms with Crippen LogP contribution in [0.15, 0.2) is 16.6 Å². The summed E-state index contributed by atoms with van der Waals surface area (Å²) in [5.74, 6) is 0.894. The molecule has 0 aliphatic heterocycles.